The Morgan fingerprint density at radius 1 is 1.10 bits per heavy atom. The van der Waals surface area contributed by atoms with Gasteiger partial charge in [0.05, 0.1) is 13.5 Å². The van der Waals surface area contributed by atoms with Gasteiger partial charge in [-0.2, -0.15) is 0 Å². The van der Waals surface area contributed by atoms with Crippen LogP contribution in [-0.2, 0) is 20.7 Å². The van der Waals surface area contributed by atoms with Crippen molar-refractivity contribution in [2.24, 2.45) is 0 Å². The topological polar surface area (TPSA) is 100 Å². The summed E-state index contributed by atoms with van der Waals surface area (Å²) in [5.41, 5.74) is 1.47. The van der Waals surface area contributed by atoms with Crippen molar-refractivity contribution in [2.45, 2.75) is 26.4 Å². The van der Waals surface area contributed by atoms with Crippen molar-refractivity contribution in [1.82, 2.24) is 0 Å². The summed E-state index contributed by atoms with van der Waals surface area (Å²) < 4.78 is 20.9. The van der Waals surface area contributed by atoms with Gasteiger partial charge in [-0.05, 0) is 44.2 Å². The van der Waals surface area contributed by atoms with Gasteiger partial charge in [0.25, 0.3) is 5.91 Å². The molecule has 0 aliphatic carbocycles. The molecule has 0 radical (unpaired) electrons. The maximum absolute atomic E-state index is 12.3. The molecule has 0 saturated heterocycles. The number of fused-ring (bicyclic) bond motifs is 1. The van der Waals surface area contributed by atoms with E-state index in [4.69, 9.17) is 18.9 Å². The summed E-state index contributed by atoms with van der Waals surface area (Å²) in [6.07, 6.45) is -1.15. The lowest BCUT2D eigenvalue weighted by atomic mass is 10.0. The van der Waals surface area contributed by atoms with E-state index in [0.29, 0.717) is 34.1 Å². The molecule has 29 heavy (non-hydrogen) atoms. The highest BCUT2D eigenvalue weighted by Gasteiger charge is 2.21. The summed E-state index contributed by atoms with van der Waals surface area (Å²) in [4.78, 5) is 36.2. The number of carbonyl (C=O) groups excluding carboxylic acids is 3. The highest BCUT2D eigenvalue weighted by Crippen LogP contribution is 2.34. The number of rotatable bonds is 7. The van der Waals surface area contributed by atoms with Crippen molar-refractivity contribution < 1.29 is 33.3 Å². The molecule has 1 N–H and O–H groups in total. The summed E-state index contributed by atoms with van der Waals surface area (Å²) >= 11 is 0. The number of ether oxygens (including phenoxy) is 4. The van der Waals surface area contributed by atoms with Crippen LogP contribution >= 0.6 is 0 Å². The molecule has 0 unspecified atom stereocenters. The van der Waals surface area contributed by atoms with Gasteiger partial charge >= 0.3 is 5.97 Å². The minimum absolute atomic E-state index is 0.126. The Balaban J connectivity index is 1.61. The van der Waals surface area contributed by atoms with E-state index in [0.717, 1.165) is 0 Å². The predicted molar refractivity (Wildman–Crippen MR) is 103 cm³/mol. The molecule has 1 amide bonds. The Bertz CT molecular complexity index is 954. The van der Waals surface area contributed by atoms with Crippen LogP contribution in [0.4, 0.5) is 5.69 Å². The Hall–Kier alpha value is -3.55. The van der Waals surface area contributed by atoms with Gasteiger partial charge in [0.1, 0.15) is 5.75 Å². The average Bonchev–Trinajstić information content (AvgIpc) is 3.15. The van der Waals surface area contributed by atoms with Crippen LogP contribution < -0.4 is 19.5 Å². The van der Waals surface area contributed by atoms with Crippen LogP contribution in [-0.4, -0.2) is 37.7 Å². The number of hydrogen-bond acceptors (Lipinski definition) is 7. The first-order valence-electron chi connectivity index (χ1n) is 8.95. The van der Waals surface area contributed by atoms with Gasteiger partial charge in [0.15, 0.2) is 23.4 Å². The predicted octanol–water partition coefficient (Wildman–Crippen LogP) is 2.74. The zero-order chi connectivity index (χ0) is 21.0. The molecule has 1 heterocycles. The zero-order valence-corrected chi connectivity index (χ0v) is 16.3. The quantitative estimate of drug-likeness (QED) is 0.564. The fraction of sp³-hybridized carbons (Fsp3) is 0.286. The molecule has 1 aliphatic heterocycles. The standard InChI is InChI=1S/C21H21NO7/c1-12(23)14-4-6-17(26-3)15(8-14)9-20(24)29-13(2)21(25)22-16-5-7-18-19(10-16)28-11-27-18/h4-8,10,13H,9,11H2,1-3H3,(H,22,25)/t13-/m1/s1. The molecule has 3 rings (SSSR count). The van der Waals surface area contributed by atoms with Crippen molar-refractivity contribution in [3.63, 3.8) is 0 Å². The first kappa shape index (κ1) is 20.2. The number of ketones is 1. The van der Waals surface area contributed by atoms with Crippen LogP contribution in [0.25, 0.3) is 0 Å². The highest BCUT2D eigenvalue weighted by atomic mass is 16.7. The van der Waals surface area contributed by atoms with Gasteiger partial charge in [0.2, 0.25) is 6.79 Å². The maximum Gasteiger partial charge on any atom is 0.311 e. The lowest BCUT2D eigenvalue weighted by Gasteiger charge is -2.15. The first-order chi connectivity index (χ1) is 13.9. The average molecular weight is 399 g/mol. The van der Waals surface area contributed by atoms with Crippen molar-refractivity contribution in [3.05, 3.63) is 47.5 Å². The third-order valence-electron chi connectivity index (χ3n) is 4.34. The Morgan fingerprint density at radius 2 is 1.86 bits per heavy atom. The SMILES string of the molecule is COc1ccc(C(C)=O)cc1CC(=O)O[C@H](C)C(=O)Nc1ccc2c(c1)OCO2. The second kappa shape index (κ2) is 8.64. The van der Waals surface area contributed by atoms with Crippen molar-refractivity contribution >= 4 is 23.3 Å². The number of benzene rings is 2. The van der Waals surface area contributed by atoms with Gasteiger partial charge in [-0.15, -0.1) is 0 Å². The second-order valence-electron chi connectivity index (χ2n) is 6.45. The summed E-state index contributed by atoms with van der Waals surface area (Å²) in [6, 6.07) is 9.81. The minimum atomic E-state index is -1.02. The molecule has 0 fully saturated rings. The van der Waals surface area contributed by atoms with Crippen LogP contribution in [0, 0.1) is 0 Å². The number of Topliss-reactive ketones (excluding diaryl/α,β-unsaturated/α-hetero) is 1. The van der Waals surface area contributed by atoms with Crippen LogP contribution in [0.15, 0.2) is 36.4 Å². The van der Waals surface area contributed by atoms with Crippen molar-refractivity contribution in [1.29, 1.82) is 0 Å². The van der Waals surface area contributed by atoms with Crippen LogP contribution in [0.2, 0.25) is 0 Å². The Kier molecular flexibility index (Phi) is 6.01. The molecule has 0 spiro atoms. The van der Waals surface area contributed by atoms with Crippen LogP contribution in [0.5, 0.6) is 17.2 Å². The highest BCUT2D eigenvalue weighted by molar-refractivity contribution is 5.96. The third-order valence-corrected chi connectivity index (χ3v) is 4.34. The summed E-state index contributed by atoms with van der Waals surface area (Å²) in [6.45, 7) is 3.05. The van der Waals surface area contributed by atoms with Gasteiger partial charge in [-0.1, -0.05) is 0 Å². The molecule has 1 atom stereocenters. The first-order valence-corrected chi connectivity index (χ1v) is 8.95. The molecule has 0 bridgehead atoms. The smallest absolute Gasteiger partial charge is 0.311 e. The monoisotopic (exact) mass is 399 g/mol. The lowest BCUT2D eigenvalue weighted by Crippen LogP contribution is -2.30. The minimum Gasteiger partial charge on any atom is -0.496 e. The normalized spacial score (nSPS) is 12.8. The molecule has 2 aromatic carbocycles. The number of hydrogen-bond donors (Lipinski definition) is 1. The van der Waals surface area contributed by atoms with Gasteiger partial charge < -0.3 is 24.3 Å². The van der Waals surface area contributed by atoms with Crippen molar-refractivity contribution in [3.8, 4) is 17.2 Å². The van der Waals surface area contributed by atoms with Gasteiger partial charge in [-0.3, -0.25) is 14.4 Å². The van der Waals surface area contributed by atoms with Gasteiger partial charge in [0, 0.05) is 22.9 Å². The summed E-state index contributed by atoms with van der Waals surface area (Å²) in [5.74, 6) is 0.372. The number of nitrogens with one attached hydrogen (secondary N) is 1. The molecule has 2 aromatic rings. The molecular weight excluding hydrogens is 378 g/mol. The van der Waals surface area contributed by atoms with Gasteiger partial charge in [-0.25, -0.2) is 0 Å². The van der Waals surface area contributed by atoms with Crippen LogP contribution in [0.3, 0.4) is 0 Å². The third kappa shape index (κ3) is 4.84. The Labute approximate surface area is 167 Å². The fourth-order valence-electron chi connectivity index (χ4n) is 2.80. The summed E-state index contributed by atoms with van der Waals surface area (Å²) in [7, 11) is 1.47. The molecule has 8 nitrogen and oxygen atoms in total. The number of esters is 1. The number of anilines is 1. The van der Waals surface area contributed by atoms with E-state index in [1.807, 2.05) is 0 Å². The molecule has 152 valence electrons. The molecule has 1 aliphatic rings. The number of carbonyl (C=O) groups is 3. The molecule has 8 heteroatoms. The Morgan fingerprint density at radius 3 is 2.59 bits per heavy atom. The second-order valence-corrected chi connectivity index (χ2v) is 6.45. The van der Waals surface area contributed by atoms with E-state index in [2.05, 4.69) is 5.32 Å². The zero-order valence-electron chi connectivity index (χ0n) is 16.3. The summed E-state index contributed by atoms with van der Waals surface area (Å²) in [5, 5.41) is 2.67. The lowest BCUT2D eigenvalue weighted by molar-refractivity contribution is -0.152. The van der Waals surface area contributed by atoms with Crippen molar-refractivity contribution in [2.75, 3.05) is 19.2 Å². The van der Waals surface area contributed by atoms with E-state index >= 15 is 0 Å². The van der Waals surface area contributed by atoms with E-state index in [-0.39, 0.29) is 19.0 Å². The molecular formula is C21H21NO7. The van der Waals surface area contributed by atoms with E-state index in [1.165, 1.54) is 21.0 Å². The fourth-order valence-corrected chi connectivity index (χ4v) is 2.80. The molecule has 0 aromatic heterocycles. The van der Waals surface area contributed by atoms with E-state index < -0.39 is 18.0 Å². The number of amides is 1. The van der Waals surface area contributed by atoms with E-state index in [9.17, 15) is 14.4 Å². The molecule has 0 saturated carbocycles. The maximum atomic E-state index is 12.3. The van der Waals surface area contributed by atoms with Crippen LogP contribution in [0.1, 0.15) is 29.8 Å². The van der Waals surface area contributed by atoms with E-state index in [1.54, 1.807) is 36.4 Å². The largest absolute Gasteiger partial charge is 0.496 e. The number of methoxy groups -OCH3 is 1.